The molecule has 0 bridgehead atoms. The zero-order chi connectivity index (χ0) is 8.27. The highest BCUT2D eigenvalue weighted by Crippen LogP contribution is 2.10. The number of nitrogens with zero attached hydrogens (tertiary/aromatic N) is 1. The summed E-state index contributed by atoms with van der Waals surface area (Å²) in [4.78, 5) is 0. The van der Waals surface area contributed by atoms with Crippen LogP contribution < -0.4 is 5.84 Å². The van der Waals surface area contributed by atoms with Gasteiger partial charge in [0.2, 0.25) is 0 Å². The molecule has 58 valence electrons. The van der Waals surface area contributed by atoms with E-state index in [-0.39, 0.29) is 5.75 Å². The summed E-state index contributed by atoms with van der Waals surface area (Å²) in [7, 11) is 0. The molecule has 3 heteroatoms. The first-order valence-electron chi connectivity index (χ1n) is 3.28. The highest BCUT2D eigenvalue weighted by atomic mass is 16.3. The van der Waals surface area contributed by atoms with E-state index in [4.69, 9.17) is 10.9 Å². The molecule has 1 rings (SSSR count). The van der Waals surface area contributed by atoms with Crippen LogP contribution in [0, 0.1) is 0 Å². The lowest BCUT2D eigenvalue weighted by molar-refractivity contribution is 0.475. The van der Waals surface area contributed by atoms with Crippen molar-refractivity contribution in [3.8, 4) is 5.75 Å². The van der Waals surface area contributed by atoms with Gasteiger partial charge in [-0.25, -0.2) is 0 Å². The monoisotopic (exact) mass is 150 g/mol. The molecule has 0 aliphatic heterocycles. The fraction of sp³-hybridized carbons (Fsp3) is 0.125. The number of aromatic hydroxyl groups is 1. The van der Waals surface area contributed by atoms with Crippen molar-refractivity contribution in [2.24, 2.45) is 10.9 Å². The van der Waals surface area contributed by atoms with Crippen LogP contribution >= 0.6 is 0 Å². The minimum Gasteiger partial charge on any atom is -0.508 e. The van der Waals surface area contributed by atoms with Crippen LogP contribution in [0.1, 0.15) is 12.5 Å². The van der Waals surface area contributed by atoms with Crippen LogP contribution in [-0.4, -0.2) is 10.8 Å². The standard InChI is InChI=1S/C8H10N2O/c1-6(10-9)7-3-2-4-8(11)5-7/h2-5,11H,9H2,1H3/b10-6-. The lowest BCUT2D eigenvalue weighted by Gasteiger charge is -1.98. The highest BCUT2D eigenvalue weighted by molar-refractivity contribution is 5.98. The Bertz CT molecular complexity index is 281. The second-order valence-electron chi connectivity index (χ2n) is 2.26. The number of benzene rings is 1. The Morgan fingerprint density at radius 2 is 2.27 bits per heavy atom. The van der Waals surface area contributed by atoms with Crippen LogP contribution in [0.25, 0.3) is 0 Å². The summed E-state index contributed by atoms with van der Waals surface area (Å²) >= 11 is 0. The Labute approximate surface area is 65.2 Å². The van der Waals surface area contributed by atoms with Crippen molar-refractivity contribution in [1.82, 2.24) is 0 Å². The van der Waals surface area contributed by atoms with Crippen LogP contribution in [0.4, 0.5) is 0 Å². The fourth-order valence-corrected chi connectivity index (χ4v) is 0.805. The van der Waals surface area contributed by atoms with Crippen molar-refractivity contribution < 1.29 is 5.11 Å². The van der Waals surface area contributed by atoms with E-state index in [2.05, 4.69) is 5.10 Å². The van der Waals surface area contributed by atoms with Crippen molar-refractivity contribution in [1.29, 1.82) is 0 Å². The van der Waals surface area contributed by atoms with E-state index in [1.807, 2.05) is 6.07 Å². The van der Waals surface area contributed by atoms with Crippen molar-refractivity contribution in [2.45, 2.75) is 6.92 Å². The predicted molar refractivity (Wildman–Crippen MR) is 44.5 cm³/mol. The summed E-state index contributed by atoms with van der Waals surface area (Å²) in [6.45, 7) is 1.79. The van der Waals surface area contributed by atoms with E-state index in [1.165, 1.54) is 0 Å². The van der Waals surface area contributed by atoms with Crippen LogP contribution in [0.5, 0.6) is 5.75 Å². The molecule has 0 aliphatic carbocycles. The Morgan fingerprint density at radius 1 is 1.55 bits per heavy atom. The summed E-state index contributed by atoms with van der Waals surface area (Å²) in [5.74, 6) is 5.29. The molecule has 0 unspecified atom stereocenters. The van der Waals surface area contributed by atoms with Gasteiger partial charge >= 0.3 is 0 Å². The van der Waals surface area contributed by atoms with Gasteiger partial charge < -0.3 is 10.9 Å². The normalized spacial score (nSPS) is 11.5. The molecule has 3 nitrogen and oxygen atoms in total. The minimum atomic E-state index is 0.227. The van der Waals surface area contributed by atoms with E-state index >= 15 is 0 Å². The van der Waals surface area contributed by atoms with Gasteiger partial charge in [-0.3, -0.25) is 0 Å². The number of hydrazone groups is 1. The lowest BCUT2D eigenvalue weighted by Crippen LogP contribution is -1.97. The molecule has 0 spiro atoms. The largest absolute Gasteiger partial charge is 0.508 e. The smallest absolute Gasteiger partial charge is 0.116 e. The predicted octanol–water partition coefficient (Wildman–Crippen LogP) is 1.07. The molecular formula is C8H10N2O. The molecule has 0 fully saturated rings. The number of rotatable bonds is 1. The average molecular weight is 150 g/mol. The maximum absolute atomic E-state index is 9.06. The Hall–Kier alpha value is -1.51. The average Bonchev–Trinajstić information content (AvgIpc) is 2.03. The van der Waals surface area contributed by atoms with Crippen molar-refractivity contribution in [3.05, 3.63) is 29.8 Å². The van der Waals surface area contributed by atoms with Crippen molar-refractivity contribution in [2.75, 3.05) is 0 Å². The zero-order valence-electron chi connectivity index (χ0n) is 6.28. The zero-order valence-corrected chi connectivity index (χ0v) is 6.28. The van der Waals surface area contributed by atoms with Crippen LogP contribution in [0.15, 0.2) is 29.4 Å². The van der Waals surface area contributed by atoms with Crippen LogP contribution in [-0.2, 0) is 0 Å². The number of hydrogen-bond donors (Lipinski definition) is 2. The number of hydrogen-bond acceptors (Lipinski definition) is 3. The molecule has 1 aromatic rings. The molecule has 3 N–H and O–H groups in total. The van der Waals surface area contributed by atoms with E-state index in [0.717, 1.165) is 5.56 Å². The van der Waals surface area contributed by atoms with Gasteiger partial charge in [0.15, 0.2) is 0 Å². The SMILES string of the molecule is C/C(=N/N)c1cccc(O)c1. The first-order valence-corrected chi connectivity index (χ1v) is 3.28. The number of phenols is 1. The van der Waals surface area contributed by atoms with Gasteiger partial charge in [0.05, 0.1) is 5.71 Å². The maximum atomic E-state index is 9.06. The van der Waals surface area contributed by atoms with Gasteiger partial charge in [0.25, 0.3) is 0 Å². The van der Waals surface area contributed by atoms with E-state index < -0.39 is 0 Å². The van der Waals surface area contributed by atoms with Gasteiger partial charge in [0, 0.05) is 5.56 Å². The van der Waals surface area contributed by atoms with Crippen molar-refractivity contribution >= 4 is 5.71 Å². The van der Waals surface area contributed by atoms with E-state index in [9.17, 15) is 0 Å². The number of nitrogens with two attached hydrogens (primary N) is 1. The molecule has 0 aliphatic rings. The summed E-state index contributed by atoms with van der Waals surface area (Å²) in [6.07, 6.45) is 0. The summed E-state index contributed by atoms with van der Waals surface area (Å²) in [6, 6.07) is 6.81. The molecular weight excluding hydrogens is 140 g/mol. The summed E-state index contributed by atoms with van der Waals surface area (Å²) < 4.78 is 0. The second-order valence-corrected chi connectivity index (χ2v) is 2.26. The second kappa shape index (κ2) is 3.05. The Kier molecular flexibility index (Phi) is 2.11. The Balaban J connectivity index is 3.06. The third kappa shape index (κ3) is 1.70. The van der Waals surface area contributed by atoms with E-state index in [1.54, 1.807) is 25.1 Å². The minimum absolute atomic E-state index is 0.227. The molecule has 0 saturated heterocycles. The van der Waals surface area contributed by atoms with Gasteiger partial charge in [-0.05, 0) is 19.1 Å². The molecule has 0 radical (unpaired) electrons. The first-order chi connectivity index (χ1) is 5.24. The fourth-order valence-electron chi connectivity index (χ4n) is 0.805. The molecule has 0 amide bonds. The third-order valence-electron chi connectivity index (χ3n) is 1.46. The first kappa shape index (κ1) is 7.60. The third-order valence-corrected chi connectivity index (χ3v) is 1.46. The quantitative estimate of drug-likeness (QED) is 0.357. The van der Waals surface area contributed by atoms with Crippen LogP contribution in [0.2, 0.25) is 0 Å². The Morgan fingerprint density at radius 3 is 2.82 bits per heavy atom. The molecule has 0 saturated carbocycles. The van der Waals surface area contributed by atoms with Gasteiger partial charge in [-0.1, -0.05) is 12.1 Å². The van der Waals surface area contributed by atoms with Gasteiger partial charge in [0.1, 0.15) is 5.75 Å². The van der Waals surface area contributed by atoms with Gasteiger partial charge in [-0.2, -0.15) is 5.10 Å². The molecule has 11 heavy (non-hydrogen) atoms. The molecule has 0 heterocycles. The van der Waals surface area contributed by atoms with Crippen molar-refractivity contribution in [3.63, 3.8) is 0 Å². The topological polar surface area (TPSA) is 58.6 Å². The molecule has 1 aromatic carbocycles. The maximum Gasteiger partial charge on any atom is 0.116 e. The lowest BCUT2D eigenvalue weighted by atomic mass is 10.1. The number of phenolic OH excluding ortho intramolecular Hbond substituents is 1. The highest BCUT2D eigenvalue weighted by Gasteiger charge is 1.96. The van der Waals surface area contributed by atoms with E-state index in [0.29, 0.717) is 5.71 Å². The van der Waals surface area contributed by atoms with Gasteiger partial charge in [-0.15, -0.1) is 0 Å². The molecule has 0 atom stereocenters. The summed E-state index contributed by atoms with van der Waals surface area (Å²) in [5, 5.41) is 12.6. The summed E-state index contributed by atoms with van der Waals surface area (Å²) in [5.41, 5.74) is 1.55. The molecule has 0 aromatic heterocycles. The van der Waals surface area contributed by atoms with Crippen LogP contribution in [0.3, 0.4) is 0 Å².